The van der Waals surface area contributed by atoms with Crippen molar-refractivity contribution in [3.63, 3.8) is 0 Å². The maximum Gasteiger partial charge on any atom is -0.00975 e. The number of benzene rings is 1. The highest BCUT2D eigenvalue weighted by molar-refractivity contribution is 5.66. The molecular weight excluding hydrogens is 144 g/mol. The lowest BCUT2D eigenvalue weighted by atomic mass is 10.0. The van der Waals surface area contributed by atoms with Gasteiger partial charge in [-0.2, -0.15) is 0 Å². The second-order valence-corrected chi connectivity index (χ2v) is 2.67. The minimum atomic E-state index is 0.945. The highest BCUT2D eigenvalue weighted by Crippen LogP contribution is 2.17. The standard InChI is InChI=1S/C12H14/c1-3-8-11(4-2)12-9-6-5-7-10-12/h3-7,9-10H,1,8H2,2H3/b11-4+. The molecule has 1 aromatic rings. The summed E-state index contributed by atoms with van der Waals surface area (Å²) in [5.41, 5.74) is 2.63. The van der Waals surface area contributed by atoms with Crippen molar-refractivity contribution in [1.82, 2.24) is 0 Å². The maximum atomic E-state index is 3.73. The third kappa shape index (κ3) is 2.09. The zero-order chi connectivity index (χ0) is 8.81. The number of rotatable bonds is 3. The van der Waals surface area contributed by atoms with E-state index >= 15 is 0 Å². The number of hydrogen-bond donors (Lipinski definition) is 0. The van der Waals surface area contributed by atoms with E-state index in [1.807, 2.05) is 12.1 Å². The Bertz CT molecular complexity index is 267. The summed E-state index contributed by atoms with van der Waals surface area (Å²) in [4.78, 5) is 0. The summed E-state index contributed by atoms with van der Waals surface area (Å²) in [6.45, 7) is 5.79. The lowest BCUT2D eigenvalue weighted by Gasteiger charge is -2.02. The molecule has 0 heterocycles. The van der Waals surface area contributed by atoms with E-state index in [0.717, 1.165) is 6.42 Å². The first-order valence-electron chi connectivity index (χ1n) is 4.20. The Kier molecular flexibility index (Phi) is 3.34. The van der Waals surface area contributed by atoms with Crippen LogP contribution in [-0.2, 0) is 0 Å². The van der Waals surface area contributed by atoms with E-state index in [1.54, 1.807) is 0 Å². The van der Waals surface area contributed by atoms with Crippen molar-refractivity contribution in [3.05, 3.63) is 54.6 Å². The fraction of sp³-hybridized carbons (Fsp3) is 0.167. The van der Waals surface area contributed by atoms with Crippen LogP contribution in [0.25, 0.3) is 5.57 Å². The molecule has 12 heavy (non-hydrogen) atoms. The first-order valence-corrected chi connectivity index (χ1v) is 4.20. The van der Waals surface area contributed by atoms with Gasteiger partial charge in [0.05, 0.1) is 0 Å². The molecule has 0 nitrogen and oxygen atoms in total. The minimum Gasteiger partial charge on any atom is -0.103 e. The molecule has 0 unspecified atom stereocenters. The third-order valence-corrected chi connectivity index (χ3v) is 1.86. The fourth-order valence-electron chi connectivity index (χ4n) is 1.21. The molecule has 0 fully saturated rings. The van der Waals surface area contributed by atoms with Gasteiger partial charge in [0.2, 0.25) is 0 Å². The zero-order valence-electron chi connectivity index (χ0n) is 7.46. The van der Waals surface area contributed by atoms with E-state index in [1.165, 1.54) is 11.1 Å². The molecule has 0 aromatic heterocycles. The van der Waals surface area contributed by atoms with Gasteiger partial charge in [-0.15, -0.1) is 6.58 Å². The second kappa shape index (κ2) is 4.55. The average Bonchev–Trinajstić information content (AvgIpc) is 2.15. The predicted octanol–water partition coefficient (Wildman–Crippen LogP) is 3.67. The van der Waals surface area contributed by atoms with Crippen LogP contribution in [0.2, 0.25) is 0 Å². The van der Waals surface area contributed by atoms with E-state index in [2.05, 4.69) is 43.8 Å². The molecule has 0 bridgehead atoms. The van der Waals surface area contributed by atoms with Gasteiger partial charge in [-0.05, 0) is 24.5 Å². The van der Waals surface area contributed by atoms with E-state index in [0.29, 0.717) is 0 Å². The Labute approximate surface area is 74.2 Å². The van der Waals surface area contributed by atoms with Crippen LogP contribution in [0.4, 0.5) is 0 Å². The van der Waals surface area contributed by atoms with Gasteiger partial charge in [0.25, 0.3) is 0 Å². The zero-order valence-corrected chi connectivity index (χ0v) is 7.46. The summed E-state index contributed by atoms with van der Waals surface area (Å²) in [5, 5.41) is 0. The highest BCUT2D eigenvalue weighted by Gasteiger charge is 1.95. The third-order valence-electron chi connectivity index (χ3n) is 1.86. The molecule has 0 aliphatic heterocycles. The van der Waals surface area contributed by atoms with Crippen molar-refractivity contribution in [2.75, 3.05) is 0 Å². The van der Waals surface area contributed by atoms with Crippen LogP contribution >= 0.6 is 0 Å². The molecule has 0 aliphatic rings. The van der Waals surface area contributed by atoms with Crippen LogP contribution in [0.15, 0.2) is 49.1 Å². The number of allylic oxidation sites excluding steroid dienone is 3. The molecule has 62 valence electrons. The largest absolute Gasteiger partial charge is 0.103 e. The van der Waals surface area contributed by atoms with E-state index in [9.17, 15) is 0 Å². The molecule has 0 radical (unpaired) electrons. The van der Waals surface area contributed by atoms with Gasteiger partial charge in [0.1, 0.15) is 0 Å². The van der Waals surface area contributed by atoms with Crippen LogP contribution < -0.4 is 0 Å². The van der Waals surface area contributed by atoms with Crippen LogP contribution in [0, 0.1) is 0 Å². The Morgan fingerprint density at radius 1 is 1.33 bits per heavy atom. The molecule has 0 heteroatoms. The first kappa shape index (κ1) is 8.79. The van der Waals surface area contributed by atoms with Crippen molar-refractivity contribution < 1.29 is 0 Å². The summed E-state index contributed by atoms with van der Waals surface area (Å²) in [6.07, 6.45) is 5.01. The SMILES string of the molecule is C=CC/C(=C\C)c1ccccc1. The lowest BCUT2D eigenvalue weighted by Crippen LogP contribution is -1.80. The van der Waals surface area contributed by atoms with Gasteiger partial charge in [-0.3, -0.25) is 0 Å². The van der Waals surface area contributed by atoms with Gasteiger partial charge in [-0.1, -0.05) is 42.5 Å². The van der Waals surface area contributed by atoms with Crippen LogP contribution in [-0.4, -0.2) is 0 Å². The quantitative estimate of drug-likeness (QED) is 0.589. The average molecular weight is 158 g/mol. The van der Waals surface area contributed by atoms with Gasteiger partial charge in [-0.25, -0.2) is 0 Å². The van der Waals surface area contributed by atoms with Crippen molar-refractivity contribution in [2.24, 2.45) is 0 Å². The first-order chi connectivity index (χ1) is 5.88. The molecule has 1 aromatic carbocycles. The summed E-state index contributed by atoms with van der Waals surface area (Å²) >= 11 is 0. The molecule has 1 rings (SSSR count). The molecule has 0 spiro atoms. The van der Waals surface area contributed by atoms with Gasteiger partial charge < -0.3 is 0 Å². The predicted molar refractivity (Wildman–Crippen MR) is 54.9 cm³/mol. The van der Waals surface area contributed by atoms with Gasteiger partial charge in [0, 0.05) is 0 Å². The number of hydrogen-bond acceptors (Lipinski definition) is 0. The van der Waals surface area contributed by atoms with Crippen molar-refractivity contribution in [3.8, 4) is 0 Å². The van der Waals surface area contributed by atoms with Gasteiger partial charge in [0.15, 0.2) is 0 Å². The minimum absolute atomic E-state index is 0.945. The topological polar surface area (TPSA) is 0 Å². The molecule has 0 N–H and O–H groups in total. The van der Waals surface area contributed by atoms with Crippen molar-refractivity contribution >= 4 is 5.57 Å². The van der Waals surface area contributed by atoms with Crippen LogP contribution in [0.5, 0.6) is 0 Å². The fourth-order valence-corrected chi connectivity index (χ4v) is 1.21. The van der Waals surface area contributed by atoms with E-state index in [-0.39, 0.29) is 0 Å². The molecule has 0 atom stereocenters. The Balaban J connectivity index is 2.88. The molecule has 0 aliphatic carbocycles. The Morgan fingerprint density at radius 3 is 2.50 bits per heavy atom. The monoisotopic (exact) mass is 158 g/mol. The van der Waals surface area contributed by atoms with E-state index in [4.69, 9.17) is 0 Å². The van der Waals surface area contributed by atoms with Gasteiger partial charge >= 0.3 is 0 Å². The Morgan fingerprint density at radius 2 is 2.00 bits per heavy atom. The lowest BCUT2D eigenvalue weighted by molar-refractivity contribution is 1.38. The highest BCUT2D eigenvalue weighted by atomic mass is 14.0. The Hall–Kier alpha value is -1.30. The summed E-state index contributed by atoms with van der Waals surface area (Å²) in [7, 11) is 0. The van der Waals surface area contributed by atoms with Crippen molar-refractivity contribution in [2.45, 2.75) is 13.3 Å². The van der Waals surface area contributed by atoms with Crippen LogP contribution in [0.3, 0.4) is 0 Å². The van der Waals surface area contributed by atoms with Crippen molar-refractivity contribution in [1.29, 1.82) is 0 Å². The molecule has 0 saturated heterocycles. The molecule has 0 amide bonds. The summed E-state index contributed by atoms with van der Waals surface area (Å²) in [6, 6.07) is 10.4. The summed E-state index contributed by atoms with van der Waals surface area (Å²) < 4.78 is 0. The second-order valence-electron chi connectivity index (χ2n) is 2.67. The maximum absolute atomic E-state index is 3.73. The summed E-state index contributed by atoms with van der Waals surface area (Å²) in [5.74, 6) is 0. The van der Waals surface area contributed by atoms with Crippen LogP contribution in [0.1, 0.15) is 18.9 Å². The normalized spacial score (nSPS) is 11.2. The molecule has 0 saturated carbocycles. The smallest absolute Gasteiger partial charge is 0.00975 e. The van der Waals surface area contributed by atoms with E-state index < -0.39 is 0 Å². The molecular formula is C12H14.